The Kier molecular flexibility index (Phi) is 5.82. The number of nitrogens with two attached hydrogens (primary N) is 1. The van der Waals surface area contributed by atoms with Crippen molar-refractivity contribution >= 4 is 28.8 Å². The van der Waals surface area contributed by atoms with Crippen LogP contribution < -0.4 is 5.73 Å². The van der Waals surface area contributed by atoms with Gasteiger partial charge in [0, 0.05) is 58.9 Å². The molecule has 2 heterocycles. The van der Waals surface area contributed by atoms with Crippen LogP contribution in [0.15, 0.2) is 54.6 Å². The maximum absolute atomic E-state index is 14.6. The van der Waals surface area contributed by atoms with Gasteiger partial charge in [-0.05, 0) is 73.0 Å². The minimum absolute atomic E-state index is 0.0115. The number of anilines is 1. The number of nitrogens with zero attached hydrogens (tertiary/aromatic N) is 1. The minimum Gasteiger partial charge on any atom is -0.478 e. The van der Waals surface area contributed by atoms with Crippen LogP contribution in [0.1, 0.15) is 40.4 Å². The first kappa shape index (κ1) is 22.7. The second kappa shape index (κ2) is 8.96. The van der Waals surface area contributed by atoms with Gasteiger partial charge in [0.25, 0.3) is 0 Å². The Morgan fingerprint density at radius 3 is 2.43 bits per heavy atom. The van der Waals surface area contributed by atoms with E-state index in [0.29, 0.717) is 65.0 Å². The normalized spacial score (nSPS) is 14.3. The molecule has 0 radical (unpaired) electrons. The molecule has 1 saturated heterocycles. The predicted molar refractivity (Wildman–Crippen MR) is 131 cm³/mol. The van der Waals surface area contributed by atoms with Crippen molar-refractivity contribution in [1.82, 2.24) is 4.57 Å². The first-order valence-corrected chi connectivity index (χ1v) is 11.2. The largest absolute Gasteiger partial charge is 0.478 e. The fraction of sp³-hybridized carbons (Fsp3) is 0.185. The summed E-state index contributed by atoms with van der Waals surface area (Å²) in [6.45, 7) is 1.10. The number of aromatic carboxylic acids is 1. The second-order valence-electron chi connectivity index (χ2n) is 8.64. The third-order valence-corrected chi connectivity index (χ3v) is 6.49. The number of carboxylic acid groups (broad SMARTS) is 1. The van der Waals surface area contributed by atoms with Crippen LogP contribution in [0.25, 0.3) is 27.7 Å². The van der Waals surface area contributed by atoms with Crippen LogP contribution in [-0.2, 0) is 4.74 Å². The molecule has 0 aliphatic carbocycles. The van der Waals surface area contributed by atoms with Crippen molar-refractivity contribution < 1.29 is 23.4 Å². The quantitative estimate of drug-likeness (QED) is 0.253. The molecule has 35 heavy (non-hydrogen) atoms. The third-order valence-electron chi connectivity index (χ3n) is 6.49. The summed E-state index contributed by atoms with van der Waals surface area (Å²) in [5, 5.41) is 18.1. The maximum Gasteiger partial charge on any atom is 0.335 e. The van der Waals surface area contributed by atoms with E-state index >= 15 is 0 Å². The van der Waals surface area contributed by atoms with Gasteiger partial charge in [0.15, 0.2) is 0 Å². The van der Waals surface area contributed by atoms with Gasteiger partial charge in [-0.25, -0.2) is 13.6 Å². The van der Waals surface area contributed by atoms with Crippen molar-refractivity contribution in [3.05, 3.63) is 83.1 Å². The van der Waals surface area contributed by atoms with Crippen LogP contribution in [0.2, 0.25) is 0 Å². The molecule has 0 amide bonds. The van der Waals surface area contributed by atoms with Crippen molar-refractivity contribution in [3.63, 3.8) is 0 Å². The zero-order chi connectivity index (χ0) is 24.7. The molecule has 0 unspecified atom stereocenters. The molecule has 0 spiro atoms. The van der Waals surface area contributed by atoms with E-state index in [2.05, 4.69) is 0 Å². The molecule has 3 aromatic carbocycles. The summed E-state index contributed by atoms with van der Waals surface area (Å²) < 4.78 is 36.0. The van der Waals surface area contributed by atoms with Crippen molar-refractivity contribution in [2.45, 2.75) is 18.8 Å². The highest BCUT2D eigenvalue weighted by atomic mass is 19.1. The highest BCUT2D eigenvalue weighted by Gasteiger charge is 2.29. The number of fused-ring (bicyclic) bond motifs is 1. The van der Waals surface area contributed by atoms with Gasteiger partial charge in [-0.15, -0.1) is 0 Å². The zero-order valence-corrected chi connectivity index (χ0v) is 18.7. The van der Waals surface area contributed by atoms with E-state index in [1.165, 1.54) is 24.3 Å². The molecule has 5 rings (SSSR count). The highest BCUT2D eigenvalue weighted by Crippen LogP contribution is 2.45. The number of aromatic nitrogens is 1. The van der Waals surface area contributed by atoms with Gasteiger partial charge in [0.2, 0.25) is 0 Å². The van der Waals surface area contributed by atoms with Gasteiger partial charge in [-0.3, -0.25) is 0 Å². The van der Waals surface area contributed by atoms with Crippen LogP contribution in [0.5, 0.6) is 0 Å². The zero-order valence-electron chi connectivity index (χ0n) is 18.7. The lowest BCUT2D eigenvalue weighted by Crippen LogP contribution is -2.17. The van der Waals surface area contributed by atoms with Gasteiger partial charge >= 0.3 is 5.97 Å². The van der Waals surface area contributed by atoms with E-state index in [-0.39, 0.29) is 17.3 Å². The fourth-order valence-electron chi connectivity index (χ4n) is 4.90. The first-order valence-electron chi connectivity index (χ1n) is 11.2. The number of carbonyl (C=O) groups is 1. The van der Waals surface area contributed by atoms with E-state index in [0.717, 1.165) is 18.0 Å². The van der Waals surface area contributed by atoms with E-state index in [1.54, 1.807) is 24.3 Å². The van der Waals surface area contributed by atoms with E-state index in [1.807, 2.05) is 4.57 Å². The monoisotopic (exact) mass is 475 g/mol. The summed E-state index contributed by atoms with van der Waals surface area (Å²) in [4.78, 5) is 11.7. The van der Waals surface area contributed by atoms with Crippen LogP contribution in [-0.4, -0.2) is 35.1 Å². The number of hydrogen-bond acceptors (Lipinski definition) is 4. The molecular formula is C27H23F2N3O3. The fourth-order valence-corrected chi connectivity index (χ4v) is 4.90. The lowest BCUT2D eigenvalue weighted by molar-refractivity contribution is 0.0696. The number of nitrogens with one attached hydrogen (secondary N) is 1. The summed E-state index contributed by atoms with van der Waals surface area (Å²) in [7, 11) is 0. The number of carboxylic acids is 1. The Morgan fingerprint density at radius 2 is 1.77 bits per heavy atom. The van der Waals surface area contributed by atoms with Crippen LogP contribution in [0, 0.1) is 17.0 Å². The Labute approximate surface area is 200 Å². The van der Waals surface area contributed by atoms with Crippen molar-refractivity contribution in [2.75, 3.05) is 18.9 Å². The Balaban J connectivity index is 1.93. The summed E-state index contributed by atoms with van der Waals surface area (Å²) in [5.41, 5.74) is 10.3. The molecule has 1 aromatic heterocycles. The Hall–Kier alpha value is -4.04. The van der Waals surface area contributed by atoms with Crippen LogP contribution >= 0.6 is 0 Å². The van der Waals surface area contributed by atoms with Gasteiger partial charge in [0.05, 0.1) is 11.1 Å². The molecule has 1 aliphatic rings. The molecular weight excluding hydrogens is 452 g/mol. The number of benzene rings is 3. The molecule has 1 fully saturated rings. The maximum atomic E-state index is 14.6. The SMILES string of the molecule is N=Cc1cc2c(cc1N)c(-c1cc(F)cc(C(=O)O)c1)c(C1CCOCC1)n2-c1ccc(F)cc1. The van der Waals surface area contributed by atoms with Crippen molar-refractivity contribution in [1.29, 1.82) is 5.41 Å². The van der Waals surface area contributed by atoms with E-state index in [4.69, 9.17) is 15.9 Å². The molecule has 4 aromatic rings. The molecule has 8 heteroatoms. The summed E-state index contributed by atoms with van der Waals surface area (Å²) in [5.74, 6) is -2.26. The van der Waals surface area contributed by atoms with Gasteiger partial charge < -0.3 is 25.6 Å². The molecule has 1 aliphatic heterocycles. The molecule has 178 valence electrons. The summed E-state index contributed by atoms with van der Waals surface area (Å²) >= 11 is 0. The number of ether oxygens (including phenoxy) is 1. The average molecular weight is 475 g/mol. The van der Waals surface area contributed by atoms with Crippen molar-refractivity contribution in [2.24, 2.45) is 0 Å². The van der Waals surface area contributed by atoms with E-state index < -0.39 is 11.8 Å². The third kappa shape index (κ3) is 4.06. The lowest BCUT2D eigenvalue weighted by Gasteiger charge is -2.26. The highest BCUT2D eigenvalue weighted by molar-refractivity contribution is 6.05. The number of halogens is 2. The van der Waals surface area contributed by atoms with Gasteiger partial charge in [-0.1, -0.05) is 0 Å². The lowest BCUT2D eigenvalue weighted by atomic mass is 9.89. The molecule has 6 nitrogen and oxygen atoms in total. The molecule has 0 saturated carbocycles. The number of rotatable bonds is 5. The van der Waals surface area contributed by atoms with E-state index in [9.17, 15) is 18.7 Å². The topological polar surface area (TPSA) is 101 Å². The first-order chi connectivity index (χ1) is 16.9. The predicted octanol–water partition coefficient (Wildman–Crippen LogP) is 5.75. The second-order valence-corrected chi connectivity index (χ2v) is 8.64. The smallest absolute Gasteiger partial charge is 0.335 e. The standard InChI is InChI=1S/C27H23F2N3O3/c28-19-1-3-21(4-2-19)32-24-12-18(14-30)23(31)13-22(24)25(26(32)15-5-7-35-8-6-15)16-9-17(27(33)34)11-20(29)10-16/h1-4,9-15,30H,5-8,31H2,(H,33,34). The average Bonchev–Trinajstić information content (AvgIpc) is 3.18. The van der Waals surface area contributed by atoms with Crippen LogP contribution in [0.4, 0.5) is 14.5 Å². The summed E-state index contributed by atoms with van der Waals surface area (Å²) in [6.07, 6.45) is 2.58. The van der Waals surface area contributed by atoms with Crippen molar-refractivity contribution in [3.8, 4) is 16.8 Å². The minimum atomic E-state index is -1.23. The summed E-state index contributed by atoms with van der Waals surface area (Å²) in [6, 6.07) is 13.3. The van der Waals surface area contributed by atoms with Gasteiger partial charge in [-0.2, -0.15) is 0 Å². The molecule has 0 atom stereocenters. The Morgan fingerprint density at radius 1 is 1.06 bits per heavy atom. The Bertz CT molecular complexity index is 1460. The number of hydrogen-bond donors (Lipinski definition) is 3. The van der Waals surface area contributed by atoms with Gasteiger partial charge in [0.1, 0.15) is 11.6 Å². The molecule has 0 bridgehead atoms. The number of nitrogen functional groups attached to an aromatic ring is 1. The van der Waals surface area contributed by atoms with Crippen LogP contribution in [0.3, 0.4) is 0 Å². The molecule has 4 N–H and O–H groups in total.